The Balaban J connectivity index is 2.12. The predicted molar refractivity (Wildman–Crippen MR) is 67.7 cm³/mol. The Morgan fingerprint density at radius 3 is 3.19 bits per heavy atom. The Kier molecular flexibility index (Phi) is 3.36. The fraction of sp³-hybridized carbons (Fsp3) is 0.455. The number of thiocarbonyl (C=S) groups is 1. The minimum absolute atomic E-state index is 0.161. The van der Waals surface area contributed by atoms with Crippen LogP contribution in [0, 0.1) is 6.92 Å². The summed E-state index contributed by atoms with van der Waals surface area (Å²) in [4.78, 5) is 6.91. The van der Waals surface area contributed by atoms with Crippen molar-refractivity contribution in [3.05, 3.63) is 23.9 Å². The van der Waals surface area contributed by atoms with E-state index in [-0.39, 0.29) is 6.10 Å². The molecule has 0 spiro atoms. The molecule has 0 bridgehead atoms. The fourth-order valence-corrected chi connectivity index (χ4v) is 1.87. The fourth-order valence-electron chi connectivity index (χ4n) is 1.72. The zero-order valence-electron chi connectivity index (χ0n) is 9.22. The number of rotatable bonds is 2. The van der Waals surface area contributed by atoms with E-state index in [1.807, 2.05) is 12.3 Å². The lowest BCUT2D eigenvalue weighted by Gasteiger charge is -2.33. The number of ether oxygens (including phenoxy) is 1. The Morgan fingerprint density at radius 1 is 1.69 bits per heavy atom. The van der Waals surface area contributed by atoms with Crippen LogP contribution in [0.5, 0.6) is 0 Å². The lowest BCUT2D eigenvalue weighted by Crippen LogP contribution is -2.48. The van der Waals surface area contributed by atoms with Gasteiger partial charge in [0, 0.05) is 12.7 Å². The standard InChI is InChI=1S/C11H15N3OS/c1-8-2-3-13-10(6-8)14-4-5-15-9(7-14)11(12)16/h2-3,6,9H,4-5,7H2,1H3,(H2,12,16). The van der Waals surface area contributed by atoms with Crippen LogP contribution in [0.2, 0.25) is 0 Å². The molecule has 1 unspecified atom stereocenters. The molecule has 2 N–H and O–H groups in total. The van der Waals surface area contributed by atoms with Crippen molar-refractivity contribution in [2.45, 2.75) is 13.0 Å². The van der Waals surface area contributed by atoms with Gasteiger partial charge in [0.05, 0.1) is 13.2 Å². The van der Waals surface area contributed by atoms with Crippen LogP contribution < -0.4 is 10.6 Å². The van der Waals surface area contributed by atoms with Gasteiger partial charge in [0.15, 0.2) is 0 Å². The van der Waals surface area contributed by atoms with Crippen LogP contribution in [-0.4, -0.2) is 35.8 Å². The molecule has 4 nitrogen and oxygen atoms in total. The normalized spacial score (nSPS) is 20.8. The summed E-state index contributed by atoms with van der Waals surface area (Å²) < 4.78 is 5.49. The van der Waals surface area contributed by atoms with E-state index in [0.29, 0.717) is 18.1 Å². The number of anilines is 1. The van der Waals surface area contributed by atoms with Crippen molar-refractivity contribution in [3.8, 4) is 0 Å². The van der Waals surface area contributed by atoms with Gasteiger partial charge in [0.25, 0.3) is 0 Å². The smallest absolute Gasteiger partial charge is 0.128 e. The van der Waals surface area contributed by atoms with Crippen LogP contribution in [0.3, 0.4) is 0 Å². The van der Waals surface area contributed by atoms with Gasteiger partial charge in [-0.15, -0.1) is 0 Å². The second-order valence-corrected chi connectivity index (χ2v) is 4.37. The van der Waals surface area contributed by atoms with Crippen molar-refractivity contribution >= 4 is 23.0 Å². The molecule has 1 aromatic heterocycles. The number of pyridine rings is 1. The Morgan fingerprint density at radius 2 is 2.50 bits per heavy atom. The Labute approximate surface area is 100 Å². The quantitative estimate of drug-likeness (QED) is 0.774. The topological polar surface area (TPSA) is 51.4 Å². The summed E-state index contributed by atoms with van der Waals surface area (Å²) in [7, 11) is 0. The molecule has 1 atom stereocenters. The van der Waals surface area contributed by atoms with Crippen LogP contribution in [0.4, 0.5) is 5.82 Å². The molecular formula is C11H15N3OS. The zero-order chi connectivity index (χ0) is 11.5. The van der Waals surface area contributed by atoms with Crippen molar-refractivity contribution in [3.63, 3.8) is 0 Å². The highest BCUT2D eigenvalue weighted by molar-refractivity contribution is 7.80. The molecule has 1 fully saturated rings. The summed E-state index contributed by atoms with van der Waals surface area (Å²) in [6, 6.07) is 4.04. The third-order valence-corrected chi connectivity index (χ3v) is 2.87. The molecule has 86 valence electrons. The third-order valence-electron chi connectivity index (χ3n) is 2.61. The van der Waals surface area contributed by atoms with Crippen molar-refractivity contribution in [1.82, 2.24) is 4.98 Å². The molecule has 0 aliphatic carbocycles. The first-order valence-electron chi connectivity index (χ1n) is 5.25. The van der Waals surface area contributed by atoms with E-state index in [1.54, 1.807) is 0 Å². The number of morpholine rings is 1. The summed E-state index contributed by atoms with van der Waals surface area (Å²) in [5, 5.41) is 0. The molecule has 1 saturated heterocycles. The van der Waals surface area contributed by atoms with Crippen LogP contribution in [0.25, 0.3) is 0 Å². The molecule has 0 aromatic carbocycles. The molecule has 2 heterocycles. The molecule has 5 heteroatoms. The van der Waals surface area contributed by atoms with E-state index in [2.05, 4.69) is 22.9 Å². The molecule has 0 radical (unpaired) electrons. The van der Waals surface area contributed by atoms with Crippen LogP contribution in [0.1, 0.15) is 5.56 Å². The lowest BCUT2D eigenvalue weighted by atomic mass is 10.2. The maximum atomic E-state index is 5.60. The number of hydrogen-bond acceptors (Lipinski definition) is 4. The highest BCUT2D eigenvalue weighted by Crippen LogP contribution is 2.16. The summed E-state index contributed by atoms with van der Waals surface area (Å²) in [6.07, 6.45) is 1.65. The molecule has 16 heavy (non-hydrogen) atoms. The number of aromatic nitrogens is 1. The number of hydrogen-bond donors (Lipinski definition) is 1. The van der Waals surface area contributed by atoms with E-state index in [1.165, 1.54) is 5.56 Å². The lowest BCUT2D eigenvalue weighted by molar-refractivity contribution is 0.0844. The third kappa shape index (κ3) is 2.48. The molecule has 1 aliphatic heterocycles. The summed E-state index contributed by atoms with van der Waals surface area (Å²) in [5.74, 6) is 0.963. The molecule has 0 saturated carbocycles. The number of aryl methyl sites for hydroxylation is 1. The molecule has 0 amide bonds. The van der Waals surface area contributed by atoms with Crippen molar-refractivity contribution in [1.29, 1.82) is 0 Å². The van der Waals surface area contributed by atoms with Gasteiger partial charge >= 0.3 is 0 Å². The highest BCUT2D eigenvalue weighted by Gasteiger charge is 2.23. The summed E-state index contributed by atoms with van der Waals surface area (Å²) in [6.45, 7) is 4.20. The van der Waals surface area contributed by atoms with E-state index in [0.717, 1.165) is 12.4 Å². The molecule has 1 aliphatic rings. The minimum atomic E-state index is -0.161. The van der Waals surface area contributed by atoms with Crippen LogP contribution >= 0.6 is 12.2 Å². The maximum absolute atomic E-state index is 5.60. The zero-order valence-corrected chi connectivity index (χ0v) is 10.0. The average molecular weight is 237 g/mol. The summed E-state index contributed by atoms with van der Waals surface area (Å²) >= 11 is 4.95. The second kappa shape index (κ2) is 4.76. The first-order valence-corrected chi connectivity index (χ1v) is 5.66. The largest absolute Gasteiger partial charge is 0.391 e. The van der Waals surface area contributed by atoms with Gasteiger partial charge in [0.1, 0.15) is 16.9 Å². The molecular weight excluding hydrogens is 222 g/mol. The number of nitrogens with two attached hydrogens (primary N) is 1. The number of nitrogens with zero attached hydrogens (tertiary/aromatic N) is 2. The monoisotopic (exact) mass is 237 g/mol. The van der Waals surface area contributed by atoms with Gasteiger partial charge in [0.2, 0.25) is 0 Å². The van der Waals surface area contributed by atoms with Gasteiger partial charge in [-0.3, -0.25) is 0 Å². The van der Waals surface area contributed by atoms with E-state index < -0.39 is 0 Å². The van der Waals surface area contributed by atoms with Crippen molar-refractivity contribution in [2.75, 3.05) is 24.6 Å². The van der Waals surface area contributed by atoms with Crippen molar-refractivity contribution in [2.24, 2.45) is 5.73 Å². The second-order valence-electron chi connectivity index (χ2n) is 3.90. The minimum Gasteiger partial charge on any atom is -0.391 e. The Hall–Kier alpha value is -1.20. The summed E-state index contributed by atoms with van der Waals surface area (Å²) in [5.41, 5.74) is 6.79. The van der Waals surface area contributed by atoms with Crippen molar-refractivity contribution < 1.29 is 4.74 Å². The van der Waals surface area contributed by atoms with Crippen LogP contribution in [0.15, 0.2) is 18.3 Å². The van der Waals surface area contributed by atoms with Gasteiger partial charge < -0.3 is 15.4 Å². The van der Waals surface area contributed by atoms with Gasteiger partial charge in [-0.1, -0.05) is 12.2 Å². The molecule has 2 rings (SSSR count). The Bertz CT molecular complexity index is 397. The highest BCUT2D eigenvalue weighted by atomic mass is 32.1. The first-order chi connectivity index (χ1) is 7.66. The SMILES string of the molecule is Cc1ccnc(N2CCOC(C(N)=S)C2)c1. The van der Waals surface area contributed by atoms with Crippen LogP contribution in [-0.2, 0) is 4.74 Å². The van der Waals surface area contributed by atoms with E-state index >= 15 is 0 Å². The average Bonchev–Trinajstić information content (AvgIpc) is 2.29. The van der Waals surface area contributed by atoms with Gasteiger partial charge in [-0.05, 0) is 24.6 Å². The maximum Gasteiger partial charge on any atom is 0.128 e. The predicted octanol–water partition coefficient (Wildman–Crippen LogP) is 0.881. The van der Waals surface area contributed by atoms with E-state index in [4.69, 9.17) is 22.7 Å². The van der Waals surface area contributed by atoms with Gasteiger partial charge in [-0.2, -0.15) is 0 Å². The van der Waals surface area contributed by atoms with E-state index in [9.17, 15) is 0 Å². The van der Waals surface area contributed by atoms with Gasteiger partial charge in [-0.25, -0.2) is 4.98 Å². The molecule has 1 aromatic rings. The first kappa shape index (κ1) is 11.3.